The summed E-state index contributed by atoms with van der Waals surface area (Å²) in [4.78, 5) is 0. The summed E-state index contributed by atoms with van der Waals surface area (Å²) in [5, 5.41) is 2.72. The first-order valence-electron chi connectivity index (χ1n) is 13.6. The van der Waals surface area contributed by atoms with Gasteiger partial charge in [0.2, 0.25) is 0 Å². The van der Waals surface area contributed by atoms with E-state index < -0.39 is 0 Å². The maximum absolute atomic E-state index is 2.48. The molecule has 9 rings (SSSR count). The van der Waals surface area contributed by atoms with Gasteiger partial charge in [0.15, 0.2) is 0 Å². The Kier molecular flexibility index (Phi) is 4.16. The fourth-order valence-electron chi connectivity index (χ4n) is 7.35. The Labute approximate surface area is 231 Å². The van der Waals surface area contributed by atoms with Crippen LogP contribution in [0.1, 0.15) is 27.8 Å². The van der Waals surface area contributed by atoms with Crippen LogP contribution in [0.2, 0.25) is 0 Å². The van der Waals surface area contributed by atoms with Gasteiger partial charge in [0.25, 0.3) is 0 Å². The average molecular weight is 513 g/mol. The Morgan fingerprint density at radius 2 is 1.00 bits per heavy atom. The van der Waals surface area contributed by atoms with Crippen molar-refractivity contribution in [1.82, 2.24) is 0 Å². The highest BCUT2D eigenvalue weighted by molar-refractivity contribution is 7.25. The van der Waals surface area contributed by atoms with Crippen LogP contribution in [-0.4, -0.2) is 0 Å². The molecule has 0 unspecified atom stereocenters. The zero-order valence-corrected chi connectivity index (χ0v) is 22.3. The molecule has 0 aliphatic heterocycles. The molecule has 1 heterocycles. The van der Waals surface area contributed by atoms with Crippen LogP contribution < -0.4 is 0 Å². The van der Waals surface area contributed by atoms with Gasteiger partial charge in [0, 0.05) is 20.2 Å². The Hall–Kier alpha value is -4.46. The van der Waals surface area contributed by atoms with Gasteiger partial charge < -0.3 is 0 Å². The van der Waals surface area contributed by atoms with Crippen molar-refractivity contribution < 1.29 is 0 Å². The molecule has 182 valence electrons. The summed E-state index contributed by atoms with van der Waals surface area (Å²) in [5.74, 6) is 0. The highest BCUT2D eigenvalue weighted by atomic mass is 32.1. The lowest BCUT2D eigenvalue weighted by Crippen LogP contribution is -2.25. The molecule has 0 fully saturated rings. The third-order valence-corrected chi connectivity index (χ3v) is 10.1. The van der Waals surface area contributed by atoms with Gasteiger partial charge in [-0.1, -0.05) is 109 Å². The van der Waals surface area contributed by atoms with Crippen molar-refractivity contribution in [2.75, 3.05) is 0 Å². The number of fused-ring (bicyclic) bond motifs is 13. The molecule has 6 aromatic carbocycles. The van der Waals surface area contributed by atoms with E-state index in [9.17, 15) is 0 Å². The third-order valence-electron chi connectivity index (χ3n) is 8.96. The molecule has 0 bridgehead atoms. The minimum Gasteiger partial charge on any atom is -0.135 e. The van der Waals surface area contributed by atoms with Crippen LogP contribution in [0.25, 0.3) is 53.6 Å². The number of aryl methyl sites for hydroxylation is 1. The van der Waals surface area contributed by atoms with Gasteiger partial charge in [-0.25, -0.2) is 0 Å². The molecule has 0 saturated carbocycles. The van der Waals surface area contributed by atoms with Crippen LogP contribution in [-0.2, 0) is 5.41 Å². The van der Waals surface area contributed by atoms with Crippen LogP contribution in [0.15, 0.2) is 127 Å². The molecule has 7 aromatic rings. The van der Waals surface area contributed by atoms with Gasteiger partial charge in [0.05, 0.1) is 5.41 Å². The SMILES string of the molecule is Cc1ccc2sc3cc(-c4ccc5c(c4)C4(c6ccccc6-c6ccccc64)c4ccccc4-5)ccc3c2c1. The maximum Gasteiger partial charge on any atom is 0.0725 e. The van der Waals surface area contributed by atoms with Crippen LogP contribution >= 0.6 is 11.3 Å². The average Bonchev–Trinajstić information content (AvgIpc) is 3.60. The van der Waals surface area contributed by atoms with Gasteiger partial charge in [0.1, 0.15) is 0 Å². The van der Waals surface area contributed by atoms with E-state index in [4.69, 9.17) is 0 Å². The number of thiophene rings is 1. The first-order valence-corrected chi connectivity index (χ1v) is 14.4. The van der Waals surface area contributed by atoms with Gasteiger partial charge in [-0.3, -0.25) is 0 Å². The quantitative estimate of drug-likeness (QED) is 0.205. The molecule has 0 atom stereocenters. The summed E-state index contributed by atoms with van der Waals surface area (Å²) in [6.07, 6.45) is 0. The zero-order valence-electron chi connectivity index (χ0n) is 21.5. The van der Waals surface area contributed by atoms with Gasteiger partial charge in [-0.15, -0.1) is 11.3 Å². The summed E-state index contributed by atoms with van der Waals surface area (Å²) in [6.45, 7) is 2.18. The van der Waals surface area contributed by atoms with E-state index in [1.807, 2.05) is 11.3 Å². The molecule has 1 aromatic heterocycles. The smallest absolute Gasteiger partial charge is 0.0725 e. The van der Waals surface area contributed by atoms with Crippen molar-refractivity contribution >= 4 is 31.5 Å². The summed E-state index contributed by atoms with van der Waals surface area (Å²) in [7, 11) is 0. The summed E-state index contributed by atoms with van der Waals surface area (Å²) in [6, 6.07) is 48.1. The fourth-order valence-corrected chi connectivity index (χ4v) is 8.47. The molecule has 1 heteroatoms. The largest absolute Gasteiger partial charge is 0.135 e. The van der Waals surface area contributed by atoms with Gasteiger partial charge in [-0.2, -0.15) is 0 Å². The first-order chi connectivity index (χ1) is 19.2. The number of rotatable bonds is 1. The minimum atomic E-state index is -0.297. The Bertz CT molecular complexity index is 2080. The highest BCUT2D eigenvalue weighted by Gasteiger charge is 2.51. The lowest BCUT2D eigenvalue weighted by atomic mass is 9.70. The first kappa shape index (κ1) is 21.5. The molecule has 1 spiro atoms. The molecular weight excluding hydrogens is 488 g/mol. The zero-order chi connectivity index (χ0) is 25.7. The van der Waals surface area contributed by atoms with Crippen molar-refractivity contribution in [2.45, 2.75) is 12.3 Å². The molecule has 39 heavy (non-hydrogen) atoms. The topological polar surface area (TPSA) is 0 Å². The van der Waals surface area contributed by atoms with Crippen LogP contribution in [0, 0.1) is 6.92 Å². The van der Waals surface area contributed by atoms with Crippen LogP contribution in [0.3, 0.4) is 0 Å². The normalized spacial score (nSPS) is 14.0. The summed E-state index contributed by atoms with van der Waals surface area (Å²) in [5.41, 5.74) is 14.5. The maximum atomic E-state index is 2.48. The van der Waals surface area contributed by atoms with E-state index in [-0.39, 0.29) is 5.41 Å². The predicted octanol–water partition coefficient (Wildman–Crippen LogP) is 10.4. The van der Waals surface area contributed by atoms with Crippen molar-refractivity contribution in [3.8, 4) is 33.4 Å². The Morgan fingerprint density at radius 1 is 0.436 bits per heavy atom. The van der Waals surface area contributed by atoms with Crippen molar-refractivity contribution in [1.29, 1.82) is 0 Å². The number of hydrogen-bond donors (Lipinski definition) is 0. The molecular formula is C38H24S. The second kappa shape index (κ2) is 7.56. The van der Waals surface area contributed by atoms with E-state index in [1.54, 1.807) is 0 Å². The molecule has 0 amide bonds. The second-order valence-corrected chi connectivity index (χ2v) is 12.0. The van der Waals surface area contributed by atoms with E-state index in [0.29, 0.717) is 0 Å². The molecule has 0 saturated heterocycles. The third kappa shape index (κ3) is 2.68. The second-order valence-electron chi connectivity index (χ2n) is 11.0. The number of hydrogen-bond acceptors (Lipinski definition) is 1. The van der Waals surface area contributed by atoms with Crippen molar-refractivity contribution in [3.05, 3.63) is 155 Å². The summed E-state index contributed by atoms with van der Waals surface area (Å²) < 4.78 is 2.71. The molecule has 2 aliphatic rings. The van der Waals surface area contributed by atoms with Gasteiger partial charge in [-0.05, 0) is 86.8 Å². The number of benzene rings is 6. The van der Waals surface area contributed by atoms with E-state index in [2.05, 4.69) is 134 Å². The molecule has 0 radical (unpaired) electrons. The van der Waals surface area contributed by atoms with E-state index in [0.717, 1.165) is 0 Å². The lowest BCUT2D eigenvalue weighted by Gasteiger charge is -2.30. The van der Waals surface area contributed by atoms with Crippen molar-refractivity contribution in [3.63, 3.8) is 0 Å². The molecule has 2 aliphatic carbocycles. The van der Waals surface area contributed by atoms with Crippen molar-refractivity contribution in [2.24, 2.45) is 0 Å². The highest BCUT2D eigenvalue weighted by Crippen LogP contribution is 2.63. The fraction of sp³-hybridized carbons (Fsp3) is 0.0526. The van der Waals surface area contributed by atoms with E-state index >= 15 is 0 Å². The summed E-state index contributed by atoms with van der Waals surface area (Å²) >= 11 is 1.89. The molecule has 0 N–H and O–H groups in total. The Balaban J connectivity index is 1.33. The lowest BCUT2D eigenvalue weighted by molar-refractivity contribution is 0.794. The van der Waals surface area contributed by atoms with E-state index in [1.165, 1.54) is 81.4 Å². The standard InChI is InChI=1S/C38H24S/c1-23-14-19-36-31(20-23)30-18-16-25(22-37(30)39-36)24-15-17-29-28-10-4-7-13-34(28)38(35(29)21-24)32-11-5-2-8-26(32)27-9-3-6-12-33(27)38/h2-22H,1H3. The Morgan fingerprint density at radius 3 is 1.67 bits per heavy atom. The monoisotopic (exact) mass is 512 g/mol. The molecule has 0 nitrogen and oxygen atoms in total. The van der Waals surface area contributed by atoms with Gasteiger partial charge >= 0.3 is 0 Å². The minimum absolute atomic E-state index is 0.297. The predicted molar refractivity (Wildman–Crippen MR) is 166 cm³/mol. The van der Waals surface area contributed by atoms with Crippen LogP contribution in [0.4, 0.5) is 0 Å². The van der Waals surface area contributed by atoms with Crippen LogP contribution in [0.5, 0.6) is 0 Å².